The number of amides is 1. The second-order valence-corrected chi connectivity index (χ2v) is 8.92. The average molecular weight is 459 g/mol. The number of halogens is 2. The number of carboxylic acid groups (broad SMARTS) is 1. The van der Waals surface area contributed by atoms with Crippen LogP contribution >= 0.6 is 0 Å². The van der Waals surface area contributed by atoms with Crippen LogP contribution in [0.25, 0.3) is 10.9 Å². The highest BCUT2D eigenvalue weighted by Gasteiger charge is 2.23. The van der Waals surface area contributed by atoms with E-state index in [9.17, 15) is 18.7 Å². The number of hydrogen-bond acceptors (Lipinski definition) is 4. The maximum absolute atomic E-state index is 14.3. The predicted octanol–water partition coefficient (Wildman–Crippen LogP) is 5.56. The molecule has 1 fully saturated rings. The lowest BCUT2D eigenvalue weighted by Crippen LogP contribution is -2.41. The Bertz CT molecular complexity index is 1150. The molecule has 3 aromatic rings. The number of hydrogen-bond donors (Lipinski definition) is 2. The molecule has 176 valence electrons. The summed E-state index contributed by atoms with van der Waals surface area (Å²) in [4.78, 5) is 12.8. The fraction of sp³-hybridized carbons (Fsp3) is 0.417. The monoisotopic (exact) mass is 458 g/mol. The molecular formula is C24H28F2N4O3. The number of rotatable bonds is 7. The van der Waals surface area contributed by atoms with Gasteiger partial charge >= 0.3 is 6.09 Å². The number of carbonyl (C=O) groups is 1. The first-order chi connectivity index (χ1) is 15.8. The number of benzene rings is 2. The molecular weight excluding hydrogens is 430 g/mol. The summed E-state index contributed by atoms with van der Waals surface area (Å²) in [6, 6.07) is 6.89. The first-order valence-corrected chi connectivity index (χ1v) is 11.1. The third-order valence-electron chi connectivity index (χ3n) is 5.77. The molecule has 1 aromatic heterocycles. The summed E-state index contributed by atoms with van der Waals surface area (Å²) >= 11 is 0. The largest absolute Gasteiger partial charge is 0.465 e. The molecule has 1 aliphatic rings. The lowest BCUT2D eigenvalue weighted by Gasteiger charge is -2.31. The van der Waals surface area contributed by atoms with Crippen molar-refractivity contribution in [3.05, 3.63) is 48.2 Å². The number of ether oxygens (including phenoxy) is 1. The third kappa shape index (κ3) is 5.35. The van der Waals surface area contributed by atoms with Crippen LogP contribution in [0.4, 0.5) is 19.3 Å². The molecule has 2 N–H and O–H groups in total. The minimum atomic E-state index is -0.908. The molecule has 0 spiro atoms. The summed E-state index contributed by atoms with van der Waals surface area (Å²) in [5.41, 5.74) is 1.55. The quantitative estimate of drug-likeness (QED) is 0.484. The van der Waals surface area contributed by atoms with Gasteiger partial charge in [0.15, 0.2) is 17.3 Å². The van der Waals surface area contributed by atoms with E-state index in [0.29, 0.717) is 37.0 Å². The molecule has 1 amide bonds. The smallest absolute Gasteiger partial charge is 0.407 e. The minimum Gasteiger partial charge on any atom is -0.465 e. The molecule has 1 saturated heterocycles. The number of fused-ring (bicyclic) bond motifs is 1. The van der Waals surface area contributed by atoms with E-state index >= 15 is 0 Å². The second kappa shape index (κ2) is 9.64. The number of nitrogens with one attached hydrogen (secondary N) is 1. The molecule has 9 heteroatoms. The molecule has 2 heterocycles. The van der Waals surface area contributed by atoms with Crippen LogP contribution in [0.3, 0.4) is 0 Å². The van der Waals surface area contributed by atoms with Crippen LogP contribution in [0.1, 0.15) is 26.7 Å². The fourth-order valence-corrected chi connectivity index (χ4v) is 4.16. The van der Waals surface area contributed by atoms with E-state index in [0.717, 1.165) is 42.4 Å². The minimum absolute atomic E-state index is 0.0805. The molecule has 1 unspecified atom stereocenters. The second-order valence-electron chi connectivity index (χ2n) is 8.92. The number of nitrogens with zero attached hydrogens (tertiary/aromatic N) is 3. The van der Waals surface area contributed by atoms with Crippen LogP contribution < -0.4 is 10.1 Å². The van der Waals surface area contributed by atoms with Crippen LogP contribution in [0.15, 0.2) is 36.5 Å². The molecule has 4 rings (SSSR count). The van der Waals surface area contributed by atoms with Crippen molar-refractivity contribution in [3.8, 4) is 11.5 Å². The Hall–Kier alpha value is -3.36. The lowest BCUT2D eigenvalue weighted by molar-refractivity contribution is 0.122. The van der Waals surface area contributed by atoms with Gasteiger partial charge in [0.05, 0.1) is 17.4 Å². The summed E-state index contributed by atoms with van der Waals surface area (Å²) in [7, 11) is 0. The summed E-state index contributed by atoms with van der Waals surface area (Å²) in [6.45, 7) is 6.50. The Kier molecular flexibility index (Phi) is 6.67. The molecule has 0 radical (unpaired) electrons. The van der Waals surface area contributed by atoms with Crippen LogP contribution in [-0.2, 0) is 6.54 Å². The van der Waals surface area contributed by atoms with E-state index in [2.05, 4.69) is 24.3 Å². The summed E-state index contributed by atoms with van der Waals surface area (Å²) in [5, 5.41) is 18.0. The number of anilines is 1. The van der Waals surface area contributed by atoms with E-state index in [1.165, 1.54) is 11.0 Å². The first-order valence-electron chi connectivity index (χ1n) is 11.1. The average Bonchev–Trinajstić information content (AvgIpc) is 3.15. The van der Waals surface area contributed by atoms with Crippen molar-refractivity contribution in [3.63, 3.8) is 0 Å². The molecule has 7 nitrogen and oxygen atoms in total. The topological polar surface area (TPSA) is 79.6 Å². The summed E-state index contributed by atoms with van der Waals surface area (Å²) in [6.07, 6.45) is 2.55. The molecule has 1 atom stereocenters. The number of aromatic nitrogens is 2. The Morgan fingerprint density at radius 2 is 2.09 bits per heavy atom. The van der Waals surface area contributed by atoms with Crippen molar-refractivity contribution in [2.45, 2.75) is 33.2 Å². The SMILES string of the molecule is CC(C)Cn1ncc2cc(Oc3ccc(F)cc3F)c(NCC3CCCN(C(=O)O)C3)cc21. The van der Waals surface area contributed by atoms with Crippen LogP contribution in [-0.4, -0.2) is 45.5 Å². The highest BCUT2D eigenvalue weighted by atomic mass is 19.1. The highest BCUT2D eigenvalue weighted by molar-refractivity contribution is 5.86. The maximum Gasteiger partial charge on any atom is 0.407 e. The van der Waals surface area contributed by atoms with Crippen molar-refractivity contribution in [2.24, 2.45) is 11.8 Å². The van der Waals surface area contributed by atoms with Gasteiger partial charge in [-0.05, 0) is 48.9 Å². The molecule has 0 bridgehead atoms. The Labute approximate surface area is 190 Å². The van der Waals surface area contributed by atoms with Crippen molar-refractivity contribution >= 4 is 22.7 Å². The molecule has 0 saturated carbocycles. The van der Waals surface area contributed by atoms with Gasteiger partial charge < -0.3 is 20.1 Å². The summed E-state index contributed by atoms with van der Waals surface area (Å²) in [5.74, 6) is -0.615. The summed E-state index contributed by atoms with van der Waals surface area (Å²) < 4.78 is 35.4. The van der Waals surface area contributed by atoms with Crippen molar-refractivity contribution in [2.75, 3.05) is 25.0 Å². The Balaban J connectivity index is 1.63. The van der Waals surface area contributed by atoms with Gasteiger partial charge in [-0.25, -0.2) is 13.6 Å². The van der Waals surface area contributed by atoms with Gasteiger partial charge in [-0.1, -0.05) is 13.8 Å². The highest BCUT2D eigenvalue weighted by Crippen LogP contribution is 2.35. The van der Waals surface area contributed by atoms with E-state index in [1.807, 2.05) is 10.7 Å². The van der Waals surface area contributed by atoms with Crippen molar-refractivity contribution in [1.29, 1.82) is 0 Å². The zero-order valence-electron chi connectivity index (χ0n) is 18.7. The van der Waals surface area contributed by atoms with Gasteiger partial charge in [0.25, 0.3) is 0 Å². The van der Waals surface area contributed by atoms with Crippen LogP contribution in [0, 0.1) is 23.5 Å². The standard InChI is InChI=1S/C24H28F2N4O3/c1-15(2)13-30-21-10-20(27-11-16-4-3-7-29(14-16)24(31)32)23(8-17(21)12-28-30)33-22-6-5-18(25)9-19(22)26/h5-6,8-10,12,15-16,27H,3-4,7,11,13-14H2,1-2H3,(H,31,32). The normalized spacial score (nSPS) is 16.4. The Morgan fingerprint density at radius 3 is 2.82 bits per heavy atom. The maximum atomic E-state index is 14.3. The fourth-order valence-electron chi connectivity index (χ4n) is 4.16. The predicted molar refractivity (Wildman–Crippen MR) is 122 cm³/mol. The van der Waals surface area contributed by atoms with E-state index < -0.39 is 17.7 Å². The van der Waals surface area contributed by atoms with Gasteiger partial charge in [0.2, 0.25) is 0 Å². The van der Waals surface area contributed by atoms with Gasteiger partial charge in [0, 0.05) is 37.6 Å². The third-order valence-corrected chi connectivity index (χ3v) is 5.77. The Morgan fingerprint density at radius 1 is 1.27 bits per heavy atom. The molecule has 2 aromatic carbocycles. The van der Waals surface area contributed by atoms with Crippen molar-refractivity contribution < 1.29 is 23.4 Å². The van der Waals surface area contributed by atoms with E-state index in [4.69, 9.17) is 4.74 Å². The van der Waals surface area contributed by atoms with Crippen molar-refractivity contribution in [1.82, 2.24) is 14.7 Å². The zero-order valence-corrected chi connectivity index (χ0v) is 18.7. The first kappa shape index (κ1) is 22.8. The lowest BCUT2D eigenvalue weighted by atomic mass is 9.98. The van der Waals surface area contributed by atoms with Gasteiger partial charge in [-0.3, -0.25) is 4.68 Å². The molecule has 33 heavy (non-hydrogen) atoms. The van der Waals surface area contributed by atoms with Gasteiger partial charge in [-0.15, -0.1) is 0 Å². The molecule has 0 aliphatic carbocycles. The van der Waals surface area contributed by atoms with E-state index in [-0.39, 0.29) is 11.7 Å². The molecule has 1 aliphatic heterocycles. The van der Waals surface area contributed by atoms with Crippen LogP contribution in [0.5, 0.6) is 11.5 Å². The van der Waals surface area contributed by atoms with Gasteiger partial charge in [-0.2, -0.15) is 5.10 Å². The van der Waals surface area contributed by atoms with E-state index in [1.54, 1.807) is 12.3 Å². The van der Waals surface area contributed by atoms with Crippen LogP contribution in [0.2, 0.25) is 0 Å². The number of likely N-dealkylation sites (tertiary alicyclic amines) is 1. The zero-order chi connectivity index (χ0) is 23.5. The van der Waals surface area contributed by atoms with Gasteiger partial charge in [0.1, 0.15) is 5.82 Å². The number of piperidine rings is 1.